The summed E-state index contributed by atoms with van der Waals surface area (Å²) < 4.78 is 0. The van der Waals surface area contributed by atoms with Gasteiger partial charge in [-0.05, 0) is 18.6 Å². The van der Waals surface area contributed by atoms with E-state index in [0.717, 1.165) is 24.3 Å². The van der Waals surface area contributed by atoms with Crippen LogP contribution in [0.3, 0.4) is 0 Å². The quantitative estimate of drug-likeness (QED) is 0.355. The molecule has 0 aliphatic heterocycles. The van der Waals surface area contributed by atoms with Gasteiger partial charge in [-0.15, -0.1) is 0 Å². The lowest BCUT2D eigenvalue weighted by Gasteiger charge is -2.14. The number of benzene rings is 1. The number of hydrazine groups is 1. The lowest BCUT2D eigenvalue weighted by atomic mass is 10.1. The molecule has 104 valence electrons. The minimum Gasteiger partial charge on any atom is -0.273 e. The van der Waals surface area contributed by atoms with Gasteiger partial charge >= 0.3 is 0 Å². The Hall–Kier alpha value is -1.68. The van der Waals surface area contributed by atoms with Gasteiger partial charge in [-0.2, -0.15) is 0 Å². The van der Waals surface area contributed by atoms with Crippen molar-refractivity contribution in [1.29, 1.82) is 0 Å². The minimum absolute atomic E-state index is 0.314. The molecule has 1 aromatic rings. The molecular formula is C15H22N2O2. The van der Waals surface area contributed by atoms with Gasteiger partial charge in [0.1, 0.15) is 0 Å². The van der Waals surface area contributed by atoms with Gasteiger partial charge in [0.2, 0.25) is 5.91 Å². The summed E-state index contributed by atoms with van der Waals surface area (Å²) in [5.41, 5.74) is 0.435. The topological polar surface area (TPSA) is 63.4 Å². The number of hydrogen-bond acceptors (Lipinski definition) is 3. The van der Waals surface area contributed by atoms with Crippen LogP contribution in [0.2, 0.25) is 0 Å². The number of hydrogen-bond donors (Lipinski definition) is 1. The summed E-state index contributed by atoms with van der Waals surface area (Å²) in [5.74, 6) is 4.81. The molecule has 0 aromatic heterocycles. The van der Waals surface area contributed by atoms with Gasteiger partial charge in [-0.3, -0.25) is 9.59 Å². The summed E-state index contributed by atoms with van der Waals surface area (Å²) in [4.78, 5) is 23.7. The molecule has 19 heavy (non-hydrogen) atoms. The molecule has 4 heteroatoms. The maximum atomic E-state index is 11.9. The summed E-state index contributed by atoms with van der Waals surface area (Å²) in [7, 11) is 0. The number of imide groups is 1. The first-order chi connectivity index (χ1) is 9.16. The number of nitrogens with zero attached hydrogens (tertiary/aromatic N) is 1. The minimum atomic E-state index is -0.445. The summed E-state index contributed by atoms with van der Waals surface area (Å²) in [6.07, 6.45) is 5.61. The fourth-order valence-corrected chi connectivity index (χ4v) is 1.83. The zero-order chi connectivity index (χ0) is 14.1. The third-order valence-corrected chi connectivity index (χ3v) is 3.00. The number of amides is 2. The maximum absolute atomic E-state index is 11.9. The molecule has 2 N–H and O–H groups in total. The smallest absolute Gasteiger partial charge is 0.273 e. The van der Waals surface area contributed by atoms with Crippen molar-refractivity contribution in [2.24, 2.45) is 5.84 Å². The SMILES string of the molecule is CCCCCCCC(=O)N(N)C(=O)c1ccccc1. The van der Waals surface area contributed by atoms with Crippen LogP contribution < -0.4 is 5.84 Å². The van der Waals surface area contributed by atoms with Crippen molar-refractivity contribution in [2.45, 2.75) is 45.4 Å². The molecule has 0 heterocycles. The van der Waals surface area contributed by atoms with Gasteiger partial charge in [0.25, 0.3) is 5.91 Å². The first-order valence-electron chi connectivity index (χ1n) is 6.84. The molecule has 1 rings (SSSR count). The molecular weight excluding hydrogens is 240 g/mol. The third-order valence-electron chi connectivity index (χ3n) is 3.00. The van der Waals surface area contributed by atoms with Gasteiger partial charge in [-0.1, -0.05) is 50.8 Å². The van der Waals surface area contributed by atoms with E-state index in [-0.39, 0.29) is 5.91 Å². The van der Waals surface area contributed by atoms with E-state index < -0.39 is 5.91 Å². The first kappa shape index (κ1) is 15.4. The van der Waals surface area contributed by atoms with Gasteiger partial charge in [0, 0.05) is 12.0 Å². The van der Waals surface area contributed by atoms with Gasteiger partial charge < -0.3 is 0 Å². The summed E-state index contributed by atoms with van der Waals surface area (Å²) in [5, 5.41) is 0.731. The van der Waals surface area contributed by atoms with Crippen molar-refractivity contribution in [3.63, 3.8) is 0 Å². The molecule has 4 nitrogen and oxygen atoms in total. The highest BCUT2D eigenvalue weighted by Crippen LogP contribution is 2.08. The van der Waals surface area contributed by atoms with Crippen LogP contribution in [-0.2, 0) is 4.79 Å². The van der Waals surface area contributed by atoms with Crippen LogP contribution in [0.4, 0.5) is 0 Å². The van der Waals surface area contributed by atoms with Crippen LogP contribution >= 0.6 is 0 Å². The lowest BCUT2D eigenvalue weighted by Crippen LogP contribution is -2.42. The molecule has 0 spiro atoms. The Morgan fingerprint density at radius 2 is 1.68 bits per heavy atom. The van der Waals surface area contributed by atoms with Gasteiger partial charge in [0.15, 0.2) is 0 Å². The highest BCUT2D eigenvalue weighted by atomic mass is 16.2. The van der Waals surface area contributed by atoms with Crippen LogP contribution in [0, 0.1) is 0 Å². The molecule has 2 amide bonds. The Labute approximate surface area is 114 Å². The largest absolute Gasteiger partial charge is 0.274 e. The fourth-order valence-electron chi connectivity index (χ4n) is 1.83. The van der Waals surface area contributed by atoms with Gasteiger partial charge in [0.05, 0.1) is 0 Å². The normalized spacial score (nSPS) is 10.2. The molecule has 0 unspecified atom stereocenters. The van der Waals surface area contributed by atoms with Crippen molar-refractivity contribution >= 4 is 11.8 Å². The Balaban J connectivity index is 2.38. The Morgan fingerprint density at radius 1 is 1.05 bits per heavy atom. The van der Waals surface area contributed by atoms with Crippen molar-refractivity contribution in [3.8, 4) is 0 Å². The number of carbonyl (C=O) groups excluding carboxylic acids is 2. The molecule has 0 aliphatic rings. The van der Waals surface area contributed by atoms with E-state index in [1.165, 1.54) is 12.8 Å². The molecule has 1 aromatic carbocycles. The second-order valence-corrected chi connectivity index (χ2v) is 4.60. The Kier molecular flexibility index (Phi) is 6.82. The molecule has 0 saturated carbocycles. The van der Waals surface area contributed by atoms with Crippen molar-refractivity contribution < 1.29 is 9.59 Å². The van der Waals surface area contributed by atoms with E-state index in [4.69, 9.17) is 5.84 Å². The highest BCUT2D eigenvalue weighted by Gasteiger charge is 2.18. The lowest BCUT2D eigenvalue weighted by molar-refractivity contribution is -0.129. The van der Waals surface area contributed by atoms with E-state index in [0.29, 0.717) is 12.0 Å². The van der Waals surface area contributed by atoms with Crippen molar-refractivity contribution in [2.75, 3.05) is 0 Å². The molecule has 0 bridgehead atoms. The van der Waals surface area contributed by atoms with Crippen LogP contribution in [-0.4, -0.2) is 16.8 Å². The molecule has 0 saturated heterocycles. The molecule has 0 atom stereocenters. The average Bonchev–Trinajstić information content (AvgIpc) is 2.46. The third kappa shape index (κ3) is 5.22. The zero-order valence-electron chi connectivity index (χ0n) is 11.5. The predicted octanol–water partition coefficient (Wildman–Crippen LogP) is 2.89. The standard InChI is InChI=1S/C15H22N2O2/c1-2-3-4-5-9-12-14(18)17(16)15(19)13-10-7-6-8-11-13/h6-8,10-11H,2-5,9,12,16H2,1H3. The van der Waals surface area contributed by atoms with Crippen LogP contribution in [0.5, 0.6) is 0 Å². The van der Waals surface area contributed by atoms with E-state index in [9.17, 15) is 9.59 Å². The molecule has 0 fully saturated rings. The van der Waals surface area contributed by atoms with Crippen LogP contribution in [0.25, 0.3) is 0 Å². The van der Waals surface area contributed by atoms with Gasteiger partial charge in [-0.25, -0.2) is 10.9 Å². The van der Waals surface area contributed by atoms with E-state index in [1.54, 1.807) is 24.3 Å². The monoisotopic (exact) mass is 262 g/mol. The summed E-state index contributed by atoms with van der Waals surface area (Å²) in [6.45, 7) is 2.14. The molecule has 0 radical (unpaired) electrons. The zero-order valence-corrected chi connectivity index (χ0v) is 11.5. The Morgan fingerprint density at radius 3 is 2.32 bits per heavy atom. The Bertz CT molecular complexity index is 404. The predicted molar refractivity (Wildman–Crippen MR) is 75.2 cm³/mol. The summed E-state index contributed by atoms with van der Waals surface area (Å²) >= 11 is 0. The van der Waals surface area contributed by atoms with Crippen molar-refractivity contribution in [1.82, 2.24) is 5.01 Å². The number of unbranched alkanes of at least 4 members (excludes halogenated alkanes) is 4. The number of rotatable bonds is 7. The number of nitrogens with two attached hydrogens (primary N) is 1. The van der Waals surface area contributed by atoms with E-state index in [2.05, 4.69) is 6.92 Å². The highest BCUT2D eigenvalue weighted by molar-refractivity contribution is 6.03. The van der Waals surface area contributed by atoms with Crippen molar-refractivity contribution in [3.05, 3.63) is 35.9 Å². The maximum Gasteiger partial charge on any atom is 0.274 e. The summed E-state index contributed by atoms with van der Waals surface area (Å²) in [6, 6.07) is 8.60. The second kappa shape index (κ2) is 8.43. The first-order valence-corrected chi connectivity index (χ1v) is 6.84. The molecule has 0 aliphatic carbocycles. The second-order valence-electron chi connectivity index (χ2n) is 4.60. The number of carbonyl (C=O) groups is 2. The average molecular weight is 262 g/mol. The van der Waals surface area contributed by atoms with Crippen LogP contribution in [0.1, 0.15) is 55.8 Å². The van der Waals surface area contributed by atoms with E-state index in [1.807, 2.05) is 6.07 Å². The van der Waals surface area contributed by atoms with E-state index >= 15 is 0 Å². The van der Waals surface area contributed by atoms with Crippen LogP contribution in [0.15, 0.2) is 30.3 Å². The fraction of sp³-hybridized carbons (Fsp3) is 0.467.